The number of nitrogens with zero attached hydrogens (tertiary/aromatic N) is 5. The van der Waals surface area contributed by atoms with Crippen molar-refractivity contribution >= 4 is 38.5 Å². The number of carbonyl (C=O) groups is 1. The molecule has 11 nitrogen and oxygen atoms in total. The molecular formula is C25H28N6O5S. The number of hydrogen-bond acceptors (Lipinski definition) is 10. The van der Waals surface area contributed by atoms with Crippen LogP contribution in [0.2, 0.25) is 0 Å². The van der Waals surface area contributed by atoms with Gasteiger partial charge in [0.1, 0.15) is 11.4 Å². The lowest BCUT2D eigenvalue weighted by atomic mass is 10.1. The molecule has 0 saturated carbocycles. The molecule has 194 valence electrons. The maximum absolute atomic E-state index is 11.9. The summed E-state index contributed by atoms with van der Waals surface area (Å²) in [6, 6.07) is 11.0. The average Bonchev–Trinajstić information content (AvgIpc) is 2.87. The van der Waals surface area contributed by atoms with Crippen LogP contribution < -0.4 is 15.5 Å². The van der Waals surface area contributed by atoms with E-state index in [4.69, 9.17) is 30.2 Å². The van der Waals surface area contributed by atoms with Crippen molar-refractivity contribution in [3.05, 3.63) is 42.0 Å². The number of pyridine rings is 1. The summed E-state index contributed by atoms with van der Waals surface area (Å²) >= 11 is 0. The number of benzene rings is 1. The first-order valence-electron chi connectivity index (χ1n) is 12.2. The maximum atomic E-state index is 11.9. The molecule has 0 bridgehead atoms. The molecule has 6 rings (SSSR count). The minimum absolute atomic E-state index is 0.00996. The number of nitrogens with two attached hydrogens (primary N) is 1. The molecule has 37 heavy (non-hydrogen) atoms. The smallest absolute Gasteiger partial charge is 0.248 e. The summed E-state index contributed by atoms with van der Waals surface area (Å²) in [5, 5.41) is 0.807. The molecule has 1 atom stereocenters. The molecule has 3 fully saturated rings. The summed E-state index contributed by atoms with van der Waals surface area (Å²) in [6.07, 6.45) is 0. The third-order valence-corrected chi connectivity index (χ3v) is 9.04. The van der Waals surface area contributed by atoms with Gasteiger partial charge in [0.2, 0.25) is 11.9 Å². The third-order valence-electron chi connectivity index (χ3n) is 7.11. The quantitative estimate of drug-likeness (QED) is 0.526. The van der Waals surface area contributed by atoms with Gasteiger partial charge in [-0.15, -0.1) is 0 Å². The van der Waals surface area contributed by atoms with Crippen LogP contribution in [0.15, 0.2) is 36.4 Å². The Bertz CT molecular complexity index is 1480. The predicted octanol–water partition coefficient (Wildman–Crippen LogP) is 1.02. The summed E-state index contributed by atoms with van der Waals surface area (Å²) in [7, 11) is -3.07. The lowest BCUT2D eigenvalue weighted by molar-refractivity contribution is -0.0333. The Morgan fingerprint density at radius 3 is 2.70 bits per heavy atom. The van der Waals surface area contributed by atoms with Crippen LogP contribution in [-0.4, -0.2) is 91.9 Å². The number of rotatable bonds is 4. The van der Waals surface area contributed by atoms with E-state index in [1.807, 2.05) is 23.1 Å². The second-order valence-electron chi connectivity index (χ2n) is 9.96. The van der Waals surface area contributed by atoms with E-state index in [1.165, 1.54) is 0 Å². The topological polar surface area (TPSA) is 141 Å². The number of fused-ring (bicyclic) bond motifs is 1. The van der Waals surface area contributed by atoms with Crippen LogP contribution in [0.4, 0.5) is 11.8 Å². The Hall–Kier alpha value is -3.35. The van der Waals surface area contributed by atoms with Crippen molar-refractivity contribution < 1.29 is 22.7 Å². The Kier molecular flexibility index (Phi) is 5.77. The number of sulfone groups is 1. The van der Waals surface area contributed by atoms with E-state index in [1.54, 1.807) is 18.2 Å². The minimum atomic E-state index is -3.07. The van der Waals surface area contributed by atoms with E-state index in [0.29, 0.717) is 62.3 Å². The molecule has 1 spiro atoms. The van der Waals surface area contributed by atoms with Crippen LogP contribution in [0, 0.1) is 0 Å². The van der Waals surface area contributed by atoms with Crippen LogP contribution in [-0.2, 0) is 19.3 Å². The largest absolute Gasteiger partial charge is 0.377 e. The number of morpholine rings is 2. The highest BCUT2D eigenvalue weighted by atomic mass is 32.2. The van der Waals surface area contributed by atoms with Crippen molar-refractivity contribution in [1.29, 1.82) is 0 Å². The van der Waals surface area contributed by atoms with Crippen LogP contribution in [0.1, 0.15) is 17.3 Å². The van der Waals surface area contributed by atoms with Gasteiger partial charge in [-0.25, -0.2) is 13.4 Å². The number of amides is 1. The fraction of sp³-hybridized carbons (Fsp3) is 0.440. The molecule has 3 saturated heterocycles. The van der Waals surface area contributed by atoms with Gasteiger partial charge in [0.25, 0.3) is 0 Å². The molecule has 12 heteroatoms. The van der Waals surface area contributed by atoms with E-state index < -0.39 is 21.3 Å². The highest BCUT2D eigenvalue weighted by Gasteiger charge is 2.52. The van der Waals surface area contributed by atoms with E-state index in [0.717, 1.165) is 16.8 Å². The van der Waals surface area contributed by atoms with Crippen LogP contribution in [0.3, 0.4) is 0 Å². The fourth-order valence-electron chi connectivity index (χ4n) is 5.33. The van der Waals surface area contributed by atoms with Crippen molar-refractivity contribution in [2.24, 2.45) is 5.73 Å². The van der Waals surface area contributed by atoms with Crippen molar-refractivity contribution in [2.75, 3.05) is 60.8 Å². The molecule has 3 aliphatic heterocycles. The number of primary amides is 1. The SMILES string of the molecule is C[C@H]1COCCN1c1nc(N2CCOC3(C2)CS(=O)(=O)C3)nc2nc(-c3cccc(C(N)=O)c3)ccc12. The van der Waals surface area contributed by atoms with Crippen molar-refractivity contribution in [1.82, 2.24) is 15.0 Å². The molecule has 5 heterocycles. The maximum Gasteiger partial charge on any atom is 0.248 e. The summed E-state index contributed by atoms with van der Waals surface area (Å²) in [5.74, 6) is 0.771. The van der Waals surface area contributed by atoms with Crippen LogP contribution >= 0.6 is 0 Å². The molecule has 2 aromatic heterocycles. The number of carbonyl (C=O) groups excluding carboxylic acids is 1. The molecule has 0 aliphatic carbocycles. The number of ether oxygens (including phenoxy) is 2. The molecule has 0 radical (unpaired) electrons. The van der Waals surface area contributed by atoms with Crippen molar-refractivity contribution in [3.63, 3.8) is 0 Å². The zero-order chi connectivity index (χ0) is 25.8. The zero-order valence-corrected chi connectivity index (χ0v) is 21.3. The van der Waals surface area contributed by atoms with E-state index in [2.05, 4.69) is 11.8 Å². The summed E-state index contributed by atoms with van der Waals surface area (Å²) < 4.78 is 35.4. The molecular weight excluding hydrogens is 496 g/mol. The van der Waals surface area contributed by atoms with E-state index in [9.17, 15) is 13.2 Å². The molecule has 1 aromatic carbocycles. The van der Waals surface area contributed by atoms with Crippen LogP contribution in [0.25, 0.3) is 22.3 Å². The van der Waals surface area contributed by atoms with Gasteiger partial charge in [-0.1, -0.05) is 12.1 Å². The Morgan fingerprint density at radius 2 is 1.95 bits per heavy atom. The molecule has 3 aliphatic rings. The van der Waals surface area contributed by atoms with Crippen molar-refractivity contribution in [3.8, 4) is 11.3 Å². The highest BCUT2D eigenvalue weighted by molar-refractivity contribution is 7.93. The van der Waals surface area contributed by atoms with Crippen LogP contribution in [0.5, 0.6) is 0 Å². The predicted molar refractivity (Wildman–Crippen MR) is 138 cm³/mol. The molecule has 0 unspecified atom stereocenters. The Balaban J connectivity index is 1.44. The zero-order valence-electron chi connectivity index (χ0n) is 20.5. The lowest BCUT2D eigenvalue weighted by Gasteiger charge is -2.47. The summed E-state index contributed by atoms with van der Waals surface area (Å²) in [6.45, 7) is 5.29. The Morgan fingerprint density at radius 1 is 1.11 bits per heavy atom. The van der Waals surface area contributed by atoms with Crippen molar-refractivity contribution in [2.45, 2.75) is 18.6 Å². The lowest BCUT2D eigenvalue weighted by Crippen LogP contribution is -2.66. The van der Waals surface area contributed by atoms with E-state index >= 15 is 0 Å². The minimum Gasteiger partial charge on any atom is -0.377 e. The summed E-state index contributed by atoms with van der Waals surface area (Å²) in [5.41, 5.74) is 7.09. The Labute approximate surface area is 214 Å². The highest BCUT2D eigenvalue weighted by Crippen LogP contribution is 2.35. The van der Waals surface area contributed by atoms with Gasteiger partial charge in [0.05, 0.1) is 55.0 Å². The normalized spacial score (nSPS) is 22.7. The fourth-order valence-corrected chi connectivity index (χ4v) is 7.19. The third kappa shape index (κ3) is 4.49. The van der Waals surface area contributed by atoms with Gasteiger partial charge in [-0.3, -0.25) is 4.79 Å². The number of hydrogen-bond donors (Lipinski definition) is 1. The van der Waals surface area contributed by atoms with Gasteiger partial charge in [-0.05, 0) is 31.2 Å². The number of aromatic nitrogens is 3. The molecule has 3 aromatic rings. The molecule has 1 amide bonds. The first-order valence-corrected chi connectivity index (χ1v) is 14.1. The van der Waals surface area contributed by atoms with Gasteiger partial charge in [0.15, 0.2) is 15.5 Å². The summed E-state index contributed by atoms with van der Waals surface area (Å²) in [4.78, 5) is 30.6. The van der Waals surface area contributed by atoms with Gasteiger partial charge in [0, 0.05) is 24.2 Å². The van der Waals surface area contributed by atoms with E-state index in [-0.39, 0.29) is 17.5 Å². The van der Waals surface area contributed by atoms with Gasteiger partial charge < -0.3 is 25.0 Å². The second-order valence-corrected chi connectivity index (χ2v) is 12.0. The number of anilines is 2. The molecule has 2 N–H and O–H groups in total. The van der Waals surface area contributed by atoms with Gasteiger partial charge in [-0.2, -0.15) is 9.97 Å². The standard InChI is InChI=1S/C25H28N6O5S/c1-16-12-35-9-8-31(16)23-19-5-6-20(17-3-2-4-18(11-17)21(26)32)27-22(19)28-24(29-23)30-7-10-36-25(13-30)14-37(33,34)15-25/h2-6,11,16H,7-10,12-15H2,1H3,(H2,26,32)/t16-/m0/s1. The first-order chi connectivity index (χ1) is 17.7. The average molecular weight is 525 g/mol. The van der Waals surface area contributed by atoms with Gasteiger partial charge >= 0.3 is 0 Å². The second kappa shape index (κ2) is 8.89. The monoisotopic (exact) mass is 524 g/mol. The first kappa shape index (κ1) is 24.0.